The summed E-state index contributed by atoms with van der Waals surface area (Å²) in [7, 11) is -3.87. The Labute approximate surface area is 236 Å². The second kappa shape index (κ2) is 11.0. The Balaban J connectivity index is 1.25. The molecule has 2 unspecified atom stereocenters. The largest absolute Gasteiger partial charge is 0.463 e. The number of rotatable bonds is 4. The summed E-state index contributed by atoms with van der Waals surface area (Å²) in [5.74, 6) is 2.91. The van der Waals surface area contributed by atoms with Crippen LogP contribution in [0.2, 0.25) is 0 Å². The summed E-state index contributed by atoms with van der Waals surface area (Å²) < 4.78 is 40.8. The van der Waals surface area contributed by atoms with Gasteiger partial charge in [0, 0.05) is 56.0 Å². The van der Waals surface area contributed by atoms with Crippen molar-refractivity contribution in [2.75, 3.05) is 59.2 Å². The summed E-state index contributed by atoms with van der Waals surface area (Å²) in [6.07, 6.45) is 6.17. The maximum atomic E-state index is 13.8. The molecule has 4 aliphatic rings. The lowest BCUT2D eigenvalue weighted by Crippen LogP contribution is -2.60. The van der Waals surface area contributed by atoms with Gasteiger partial charge in [-0.2, -0.15) is 4.31 Å². The number of fused-ring (bicyclic) bond motifs is 2. The first kappa shape index (κ1) is 27.0. The Kier molecular flexibility index (Phi) is 7.41. The van der Waals surface area contributed by atoms with Gasteiger partial charge in [-0.25, -0.2) is 18.2 Å². The van der Waals surface area contributed by atoms with E-state index >= 15 is 0 Å². The van der Waals surface area contributed by atoms with E-state index in [-0.39, 0.29) is 48.2 Å². The zero-order chi connectivity index (χ0) is 27.9. The first-order valence-electron chi connectivity index (χ1n) is 13.2. The number of piperazine rings is 1. The second-order valence-corrected chi connectivity index (χ2v) is 13.3. The highest BCUT2D eigenvalue weighted by Gasteiger charge is 2.41. The lowest BCUT2D eigenvalue weighted by atomic mass is 10.1. The minimum Gasteiger partial charge on any atom is -0.463 e. The highest BCUT2D eigenvalue weighted by atomic mass is 32.2. The van der Waals surface area contributed by atoms with Crippen LogP contribution < -0.4 is 5.32 Å². The first-order valence-corrected chi connectivity index (χ1v) is 15.5. The van der Waals surface area contributed by atoms with Crippen LogP contribution in [0.15, 0.2) is 33.6 Å². The standard InChI is InChI=1S/C26H30N6O6S2/c1-2-18-3-4-19-14-24(39-22(19)13-18)40(35,36)30-7-8-31(20(16-30)15-23(33)29-9-11-37-12-10-29)26(34)32-6-5-21-25(28-32)38-17-27-21/h1,3-4,13-14,20-21,27H,5-12,15-17H2. The van der Waals surface area contributed by atoms with Gasteiger partial charge in [0.05, 0.1) is 25.3 Å². The van der Waals surface area contributed by atoms with Crippen LogP contribution in [0.4, 0.5) is 4.79 Å². The zero-order valence-corrected chi connectivity index (χ0v) is 23.5. The summed E-state index contributed by atoms with van der Waals surface area (Å²) in [5, 5.41) is 9.73. The van der Waals surface area contributed by atoms with Gasteiger partial charge in [-0.15, -0.1) is 22.9 Å². The number of carbonyl (C=O) groups excluding carboxylic acids is 2. The number of morpholine rings is 1. The summed E-state index contributed by atoms with van der Waals surface area (Å²) in [6.45, 7) is 2.82. The molecule has 0 aliphatic carbocycles. The van der Waals surface area contributed by atoms with Gasteiger partial charge < -0.3 is 19.3 Å². The van der Waals surface area contributed by atoms with Crippen molar-refractivity contribution in [1.82, 2.24) is 24.4 Å². The highest BCUT2D eigenvalue weighted by Crippen LogP contribution is 2.33. The lowest BCUT2D eigenvalue weighted by Gasteiger charge is -2.42. The molecule has 4 aliphatic heterocycles. The van der Waals surface area contributed by atoms with Crippen molar-refractivity contribution < 1.29 is 27.5 Å². The number of nitrogens with zero attached hydrogens (tertiary/aromatic N) is 5. The van der Waals surface area contributed by atoms with Crippen molar-refractivity contribution in [3.05, 3.63) is 29.8 Å². The average Bonchev–Trinajstić information content (AvgIpc) is 3.64. The van der Waals surface area contributed by atoms with Crippen LogP contribution in [0.3, 0.4) is 0 Å². The Bertz CT molecular complexity index is 1490. The molecule has 0 saturated carbocycles. The predicted octanol–water partition coefficient (Wildman–Crippen LogP) is 0.892. The Morgan fingerprint density at radius 2 is 1.98 bits per heavy atom. The molecule has 2 atom stereocenters. The van der Waals surface area contributed by atoms with Crippen LogP contribution in [0, 0.1) is 12.3 Å². The molecular formula is C26H30N6O6S2. The Hall–Kier alpha value is -3.22. The molecule has 1 aromatic carbocycles. The van der Waals surface area contributed by atoms with Crippen molar-refractivity contribution in [2.45, 2.75) is 29.1 Å². The fourth-order valence-corrected chi connectivity index (χ4v) is 8.46. The molecule has 40 heavy (non-hydrogen) atoms. The van der Waals surface area contributed by atoms with Crippen LogP contribution in [0.1, 0.15) is 18.4 Å². The van der Waals surface area contributed by atoms with Crippen molar-refractivity contribution >= 4 is 49.3 Å². The Morgan fingerprint density at radius 3 is 2.77 bits per heavy atom. The number of hydrogen-bond acceptors (Lipinski definition) is 9. The lowest BCUT2D eigenvalue weighted by molar-refractivity contribution is -0.136. The maximum absolute atomic E-state index is 13.8. The number of hydrogen-bond donors (Lipinski definition) is 1. The monoisotopic (exact) mass is 586 g/mol. The number of urea groups is 1. The fourth-order valence-electron chi connectivity index (χ4n) is 5.40. The molecule has 0 bridgehead atoms. The molecule has 6 rings (SSSR count). The van der Waals surface area contributed by atoms with Crippen LogP contribution in [0.25, 0.3) is 10.1 Å². The number of ether oxygens (including phenoxy) is 2. The van der Waals surface area contributed by atoms with Gasteiger partial charge in [0.25, 0.3) is 10.0 Å². The maximum Gasteiger partial charge on any atom is 0.340 e. The fraction of sp³-hybridized carbons (Fsp3) is 0.500. The van der Waals surface area contributed by atoms with Gasteiger partial charge in [0.1, 0.15) is 10.9 Å². The van der Waals surface area contributed by atoms with Gasteiger partial charge in [-0.1, -0.05) is 12.0 Å². The van der Waals surface area contributed by atoms with E-state index < -0.39 is 16.1 Å². The number of terminal acetylenes is 1. The van der Waals surface area contributed by atoms with Crippen LogP contribution in [-0.4, -0.2) is 117 Å². The minimum absolute atomic E-state index is 0.000791. The number of thiophene rings is 1. The van der Waals surface area contributed by atoms with E-state index in [1.165, 1.54) is 9.31 Å². The molecule has 212 valence electrons. The number of amides is 3. The van der Waals surface area contributed by atoms with Crippen LogP contribution >= 0.6 is 11.3 Å². The summed E-state index contributed by atoms with van der Waals surface area (Å²) in [4.78, 5) is 30.2. The van der Waals surface area contributed by atoms with Gasteiger partial charge in [-0.05, 0) is 30.0 Å². The topological polar surface area (TPSA) is 124 Å². The number of carbonyl (C=O) groups is 2. The van der Waals surface area contributed by atoms with Crippen molar-refractivity contribution in [3.63, 3.8) is 0 Å². The van der Waals surface area contributed by atoms with E-state index in [2.05, 4.69) is 16.3 Å². The van der Waals surface area contributed by atoms with Crippen molar-refractivity contribution in [1.29, 1.82) is 0 Å². The number of sulfonamides is 1. The van der Waals surface area contributed by atoms with E-state index in [9.17, 15) is 18.0 Å². The van der Waals surface area contributed by atoms with Crippen molar-refractivity contribution in [3.8, 4) is 12.3 Å². The van der Waals surface area contributed by atoms with E-state index in [1.807, 2.05) is 6.07 Å². The SMILES string of the molecule is C#Cc1ccc2cc(S(=O)(=O)N3CCN(C(=O)N4CCC5NCOC5=N4)C(CC(=O)N4CCOCC4)C3)sc2c1. The molecule has 1 aromatic heterocycles. The van der Waals surface area contributed by atoms with Gasteiger partial charge in [0.2, 0.25) is 11.8 Å². The third kappa shape index (κ3) is 5.15. The average molecular weight is 587 g/mol. The molecule has 5 heterocycles. The molecule has 14 heteroatoms. The molecular weight excluding hydrogens is 556 g/mol. The molecule has 1 N–H and O–H groups in total. The molecule has 2 aromatic rings. The third-order valence-corrected chi connectivity index (χ3v) is 11.1. The highest BCUT2D eigenvalue weighted by molar-refractivity contribution is 7.91. The molecule has 0 radical (unpaired) electrons. The molecule has 3 saturated heterocycles. The summed E-state index contributed by atoms with van der Waals surface area (Å²) >= 11 is 1.16. The zero-order valence-electron chi connectivity index (χ0n) is 21.8. The minimum atomic E-state index is -3.87. The van der Waals surface area contributed by atoms with E-state index in [0.717, 1.165) is 21.4 Å². The van der Waals surface area contributed by atoms with E-state index in [0.29, 0.717) is 57.5 Å². The number of nitrogens with one attached hydrogen (secondary N) is 1. The van der Waals surface area contributed by atoms with Gasteiger partial charge in [0.15, 0.2) is 0 Å². The second-order valence-electron chi connectivity index (χ2n) is 10.0. The smallest absolute Gasteiger partial charge is 0.340 e. The summed E-state index contributed by atoms with van der Waals surface area (Å²) in [5.41, 5.74) is 0.679. The van der Waals surface area contributed by atoms with Crippen LogP contribution in [0.5, 0.6) is 0 Å². The van der Waals surface area contributed by atoms with Crippen LogP contribution in [-0.2, 0) is 24.3 Å². The van der Waals surface area contributed by atoms with Gasteiger partial charge in [-0.3, -0.25) is 10.1 Å². The van der Waals surface area contributed by atoms with Crippen molar-refractivity contribution in [2.24, 2.45) is 5.10 Å². The molecule has 3 fully saturated rings. The van der Waals surface area contributed by atoms with Gasteiger partial charge >= 0.3 is 6.03 Å². The number of benzene rings is 1. The normalized spacial score (nSPS) is 23.9. The predicted molar refractivity (Wildman–Crippen MR) is 148 cm³/mol. The third-order valence-electron chi connectivity index (χ3n) is 7.64. The number of hydrazone groups is 1. The van der Waals surface area contributed by atoms with E-state index in [4.69, 9.17) is 15.9 Å². The molecule has 3 amide bonds. The Morgan fingerprint density at radius 1 is 1.15 bits per heavy atom. The first-order chi connectivity index (χ1) is 19.3. The quantitative estimate of drug-likeness (QED) is 0.528. The summed E-state index contributed by atoms with van der Waals surface area (Å²) in [6, 6.07) is 6.01. The van der Waals surface area contributed by atoms with E-state index in [1.54, 1.807) is 28.0 Å². The molecule has 12 nitrogen and oxygen atoms in total. The molecule has 0 spiro atoms.